The van der Waals surface area contributed by atoms with Gasteiger partial charge in [0.05, 0.1) is 6.10 Å². The van der Waals surface area contributed by atoms with Crippen LogP contribution >= 0.6 is 0 Å². The lowest BCUT2D eigenvalue weighted by Crippen LogP contribution is -2.42. The van der Waals surface area contributed by atoms with Crippen LogP contribution in [0.5, 0.6) is 0 Å². The quantitative estimate of drug-likeness (QED) is 0.752. The van der Waals surface area contributed by atoms with Crippen molar-refractivity contribution in [3.63, 3.8) is 0 Å². The van der Waals surface area contributed by atoms with Crippen LogP contribution in [0.1, 0.15) is 32.6 Å². The number of likely N-dealkylation sites (tertiary alicyclic amines) is 1. The molecule has 90 valence electrons. The van der Waals surface area contributed by atoms with Crippen LogP contribution in [0.3, 0.4) is 0 Å². The molecule has 0 amide bonds. The van der Waals surface area contributed by atoms with Crippen molar-refractivity contribution in [1.82, 2.24) is 4.90 Å². The van der Waals surface area contributed by atoms with Crippen LogP contribution in [0.2, 0.25) is 0 Å². The van der Waals surface area contributed by atoms with Crippen LogP contribution in [0.4, 0.5) is 0 Å². The maximum Gasteiger partial charge on any atom is 0.116 e. The first-order valence-electron chi connectivity index (χ1n) is 6.20. The molecular formula is C13H21NO2. The second-order valence-corrected chi connectivity index (χ2v) is 4.77. The molecule has 3 nitrogen and oxygen atoms in total. The third kappa shape index (κ3) is 2.47. The number of hydrogen-bond acceptors (Lipinski definition) is 3. The molecule has 0 radical (unpaired) electrons. The lowest BCUT2D eigenvalue weighted by atomic mass is 9.96. The average Bonchev–Trinajstić information content (AvgIpc) is 2.30. The monoisotopic (exact) mass is 223 g/mol. The third-order valence-corrected chi connectivity index (χ3v) is 3.66. The van der Waals surface area contributed by atoms with E-state index in [1.54, 1.807) is 0 Å². The van der Waals surface area contributed by atoms with Gasteiger partial charge in [0, 0.05) is 24.7 Å². The van der Waals surface area contributed by atoms with E-state index >= 15 is 0 Å². The molecule has 2 aliphatic rings. The fraction of sp³-hybridized carbons (Fsp3) is 0.692. The summed E-state index contributed by atoms with van der Waals surface area (Å²) in [7, 11) is 0. The van der Waals surface area contributed by atoms with E-state index in [0.29, 0.717) is 5.76 Å². The first-order valence-corrected chi connectivity index (χ1v) is 6.20. The molecule has 3 heteroatoms. The molecule has 0 bridgehead atoms. The highest BCUT2D eigenvalue weighted by Gasteiger charge is 2.25. The standard InChI is InChI=1S/C13H21NO2/c1-10(12-4-2-3-5-13(12)16)14-8-6-11(15)7-9-14/h4-5,10-11,15-16H,2-3,6-9H2,1H3. The topological polar surface area (TPSA) is 43.7 Å². The summed E-state index contributed by atoms with van der Waals surface area (Å²) in [6.45, 7) is 3.98. The van der Waals surface area contributed by atoms with E-state index in [1.807, 2.05) is 6.08 Å². The number of allylic oxidation sites excluding steroid dienone is 2. The molecule has 0 spiro atoms. The minimum absolute atomic E-state index is 0.132. The average molecular weight is 223 g/mol. The van der Waals surface area contributed by atoms with E-state index in [1.165, 1.54) is 0 Å². The van der Waals surface area contributed by atoms with E-state index in [4.69, 9.17) is 0 Å². The summed E-state index contributed by atoms with van der Waals surface area (Å²) in [5.74, 6) is 0.449. The predicted molar refractivity (Wildman–Crippen MR) is 64.3 cm³/mol. The molecule has 0 aromatic heterocycles. The SMILES string of the molecule is CC(C1=CCCC=C1O)N1CCC(O)CC1. The van der Waals surface area contributed by atoms with Gasteiger partial charge in [0.15, 0.2) is 0 Å². The van der Waals surface area contributed by atoms with E-state index < -0.39 is 0 Å². The van der Waals surface area contributed by atoms with Crippen molar-refractivity contribution >= 4 is 0 Å². The van der Waals surface area contributed by atoms with E-state index in [0.717, 1.165) is 44.3 Å². The van der Waals surface area contributed by atoms with Gasteiger partial charge in [0.25, 0.3) is 0 Å². The van der Waals surface area contributed by atoms with Gasteiger partial charge in [-0.25, -0.2) is 0 Å². The van der Waals surface area contributed by atoms with Gasteiger partial charge in [0.2, 0.25) is 0 Å². The Morgan fingerprint density at radius 1 is 1.25 bits per heavy atom. The molecule has 1 aliphatic heterocycles. The number of piperidine rings is 1. The smallest absolute Gasteiger partial charge is 0.116 e. The van der Waals surface area contributed by atoms with Crippen LogP contribution in [-0.2, 0) is 0 Å². The van der Waals surface area contributed by atoms with Gasteiger partial charge >= 0.3 is 0 Å². The van der Waals surface area contributed by atoms with E-state index in [-0.39, 0.29) is 12.1 Å². The zero-order valence-corrected chi connectivity index (χ0v) is 9.89. The fourth-order valence-electron chi connectivity index (χ4n) is 2.54. The third-order valence-electron chi connectivity index (χ3n) is 3.66. The summed E-state index contributed by atoms with van der Waals surface area (Å²) in [6.07, 6.45) is 7.59. The van der Waals surface area contributed by atoms with Crippen LogP contribution in [0.25, 0.3) is 0 Å². The molecule has 2 N–H and O–H groups in total. The molecule has 0 aromatic carbocycles. The van der Waals surface area contributed by atoms with Crippen molar-refractivity contribution in [3.8, 4) is 0 Å². The number of aliphatic hydroxyl groups excluding tert-OH is 2. The Morgan fingerprint density at radius 3 is 2.50 bits per heavy atom. The van der Waals surface area contributed by atoms with E-state index in [2.05, 4.69) is 17.9 Å². The van der Waals surface area contributed by atoms with Gasteiger partial charge in [-0.1, -0.05) is 6.08 Å². The van der Waals surface area contributed by atoms with Crippen molar-refractivity contribution in [3.05, 3.63) is 23.5 Å². The van der Waals surface area contributed by atoms with Crippen molar-refractivity contribution in [1.29, 1.82) is 0 Å². The maximum atomic E-state index is 9.84. The molecule has 0 aromatic rings. The first kappa shape index (κ1) is 11.7. The number of nitrogens with zero attached hydrogens (tertiary/aromatic N) is 1. The molecule has 1 atom stereocenters. The summed E-state index contributed by atoms with van der Waals surface area (Å²) < 4.78 is 0. The molecule has 0 saturated carbocycles. The van der Waals surface area contributed by atoms with Crippen LogP contribution in [0, 0.1) is 0 Å². The second kappa shape index (κ2) is 5.02. The normalized spacial score (nSPS) is 26.1. The Balaban J connectivity index is 1.99. The van der Waals surface area contributed by atoms with Gasteiger partial charge in [-0.15, -0.1) is 0 Å². The fourth-order valence-corrected chi connectivity index (χ4v) is 2.54. The molecule has 1 aliphatic carbocycles. The molecular weight excluding hydrogens is 202 g/mol. The van der Waals surface area contributed by atoms with Gasteiger partial charge in [-0.3, -0.25) is 4.90 Å². The van der Waals surface area contributed by atoms with Crippen LogP contribution < -0.4 is 0 Å². The Kier molecular flexibility index (Phi) is 3.66. The summed E-state index contributed by atoms with van der Waals surface area (Å²) in [6, 6.07) is 0.268. The largest absolute Gasteiger partial charge is 0.508 e. The Morgan fingerprint density at radius 2 is 1.88 bits per heavy atom. The van der Waals surface area contributed by atoms with Crippen molar-refractivity contribution in [2.45, 2.75) is 44.8 Å². The van der Waals surface area contributed by atoms with Gasteiger partial charge in [-0.2, -0.15) is 0 Å². The highest BCUT2D eigenvalue weighted by molar-refractivity contribution is 5.32. The summed E-state index contributed by atoms with van der Waals surface area (Å²) >= 11 is 0. The lowest BCUT2D eigenvalue weighted by molar-refractivity contribution is 0.0709. The summed E-state index contributed by atoms with van der Waals surface area (Å²) in [4.78, 5) is 2.34. The second-order valence-electron chi connectivity index (χ2n) is 4.77. The number of rotatable bonds is 2. The Hall–Kier alpha value is -0.800. The number of hydrogen-bond donors (Lipinski definition) is 2. The molecule has 16 heavy (non-hydrogen) atoms. The highest BCUT2D eigenvalue weighted by Crippen LogP contribution is 2.25. The first-order chi connectivity index (χ1) is 7.68. The Labute approximate surface area is 97.1 Å². The maximum absolute atomic E-state index is 9.84. The van der Waals surface area contributed by atoms with E-state index in [9.17, 15) is 10.2 Å². The van der Waals surface area contributed by atoms with Crippen molar-refractivity contribution < 1.29 is 10.2 Å². The zero-order valence-electron chi connectivity index (χ0n) is 9.89. The molecule has 1 unspecified atom stereocenters. The van der Waals surface area contributed by atoms with Crippen molar-refractivity contribution in [2.75, 3.05) is 13.1 Å². The lowest BCUT2D eigenvalue weighted by Gasteiger charge is -2.36. The minimum atomic E-state index is -0.132. The molecule has 1 fully saturated rings. The molecule has 1 saturated heterocycles. The Bertz CT molecular complexity index is 301. The summed E-state index contributed by atoms with van der Waals surface area (Å²) in [5, 5.41) is 19.3. The zero-order chi connectivity index (χ0) is 11.5. The highest BCUT2D eigenvalue weighted by atomic mass is 16.3. The minimum Gasteiger partial charge on any atom is -0.508 e. The number of aliphatic hydroxyl groups is 2. The van der Waals surface area contributed by atoms with Gasteiger partial charge in [-0.05, 0) is 38.7 Å². The van der Waals surface area contributed by atoms with Gasteiger partial charge in [0.1, 0.15) is 5.76 Å². The van der Waals surface area contributed by atoms with Crippen LogP contribution in [0.15, 0.2) is 23.5 Å². The van der Waals surface area contributed by atoms with Gasteiger partial charge < -0.3 is 10.2 Å². The summed E-state index contributed by atoms with van der Waals surface area (Å²) in [5.41, 5.74) is 1.06. The van der Waals surface area contributed by atoms with Crippen molar-refractivity contribution in [2.24, 2.45) is 0 Å². The predicted octanol–water partition coefficient (Wildman–Crippen LogP) is 1.99. The molecule has 2 rings (SSSR count). The van der Waals surface area contributed by atoms with Crippen LogP contribution in [-0.4, -0.2) is 40.3 Å². The molecule has 1 heterocycles.